The summed E-state index contributed by atoms with van der Waals surface area (Å²) in [7, 11) is 0. The summed E-state index contributed by atoms with van der Waals surface area (Å²) in [5.41, 5.74) is 6.62. The smallest absolute Gasteiger partial charge is 0.222 e. The van der Waals surface area contributed by atoms with E-state index >= 15 is 0 Å². The Balaban J connectivity index is 2.23. The van der Waals surface area contributed by atoms with E-state index in [4.69, 9.17) is 15.2 Å². The number of halogens is 1. The molecule has 1 heterocycles. The molecule has 1 aromatic heterocycles. The highest BCUT2D eigenvalue weighted by Gasteiger charge is 2.06. The molecule has 2 aromatic rings. The summed E-state index contributed by atoms with van der Waals surface area (Å²) in [4.78, 5) is 4.26. The third-order valence-electron chi connectivity index (χ3n) is 2.45. The fraction of sp³-hybridized carbons (Fsp3) is 0.214. The van der Waals surface area contributed by atoms with E-state index in [0.717, 1.165) is 10.0 Å². The maximum atomic E-state index is 5.75. The van der Waals surface area contributed by atoms with Crippen LogP contribution in [0.4, 0.5) is 0 Å². The molecule has 0 radical (unpaired) electrons. The molecule has 0 amide bonds. The minimum absolute atomic E-state index is 0.403. The van der Waals surface area contributed by atoms with Crippen LogP contribution in [0.15, 0.2) is 40.9 Å². The van der Waals surface area contributed by atoms with Gasteiger partial charge in [0.05, 0.1) is 6.61 Å². The maximum absolute atomic E-state index is 5.75. The van der Waals surface area contributed by atoms with Crippen LogP contribution in [-0.2, 0) is 6.54 Å². The van der Waals surface area contributed by atoms with Crippen molar-refractivity contribution >= 4 is 15.9 Å². The second-order valence-electron chi connectivity index (χ2n) is 3.81. The van der Waals surface area contributed by atoms with E-state index in [9.17, 15) is 0 Å². The van der Waals surface area contributed by atoms with E-state index in [2.05, 4.69) is 20.9 Å². The van der Waals surface area contributed by atoms with E-state index in [1.54, 1.807) is 12.1 Å². The van der Waals surface area contributed by atoms with Crippen molar-refractivity contribution < 1.29 is 9.47 Å². The lowest BCUT2D eigenvalue weighted by molar-refractivity contribution is 0.321. The SMILES string of the molecule is CCOc1cccc(Oc2ccc(Br)cc2CN)n1. The van der Waals surface area contributed by atoms with Gasteiger partial charge in [-0.05, 0) is 25.1 Å². The van der Waals surface area contributed by atoms with Gasteiger partial charge in [-0.1, -0.05) is 22.0 Å². The number of nitrogens with two attached hydrogens (primary N) is 1. The Morgan fingerprint density at radius 1 is 1.21 bits per heavy atom. The van der Waals surface area contributed by atoms with Gasteiger partial charge in [-0.15, -0.1) is 0 Å². The Labute approximate surface area is 120 Å². The van der Waals surface area contributed by atoms with E-state index < -0.39 is 0 Å². The van der Waals surface area contributed by atoms with Crippen LogP contribution in [0.3, 0.4) is 0 Å². The van der Waals surface area contributed by atoms with Crippen LogP contribution in [0.1, 0.15) is 12.5 Å². The number of hydrogen-bond acceptors (Lipinski definition) is 4. The van der Waals surface area contributed by atoms with E-state index in [-0.39, 0.29) is 0 Å². The third-order valence-corrected chi connectivity index (χ3v) is 2.94. The lowest BCUT2D eigenvalue weighted by Gasteiger charge is -2.10. The zero-order chi connectivity index (χ0) is 13.7. The third kappa shape index (κ3) is 3.68. The van der Waals surface area contributed by atoms with Gasteiger partial charge in [0, 0.05) is 28.7 Å². The van der Waals surface area contributed by atoms with Gasteiger partial charge >= 0.3 is 0 Å². The lowest BCUT2D eigenvalue weighted by Crippen LogP contribution is -2.00. The van der Waals surface area contributed by atoms with Gasteiger partial charge in [0.2, 0.25) is 11.8 Å². The number of ether oxygens (including phenoxy) is 2. The molecular weight excluding hydrogens is 308 g/mol. The summed E-state index contributed by atoms with van der Waals surface area (Å²) < 4.78 is 12.1. The van der Waals surface area contributed by atoms with Gasteiger partial charge in [-0.25, -0.2) is 0 Å². The zero-order valence-corrected chi connectivity index (χ0v) is 12.2. The minimum atomic E-state index is 0.403. The second kappa shape index (κ2) is 6.54. The average molecular weight is 323 g/mol. The Kier molecular flexibility index (Phi) is 4.76. The normalized spacial score (nSPS) is 10.3. The van der Waals surface area contributed by atoms with Crippen LogP contribution >= 0.6 is 15.9 Å². The highest BCUT2D eigenvalue weighted by atomic mass is 79.9. The van der Waals surface area contributed by atoms with E-state index in [1.807, 2.05) is 31.2 Å². The largest absolute Gasteiger partial charge is 0.478 e. The predicted octanol–water partition coefficient (Wildman–Crippen LogP) is 3.49. The highest BCUT2D eigenvalue weighted by molar-refractivity contribution is 9.10. The number of nitrogens with zero attached hydrogens (tertiary/aromatic N) is 1. The molecule has 0 spiro atoms. The quantitative estimate of drug-likeness (QED) is 0.915. The number of hydrogen-bond donors (Lipinski definition) is 1. The fourth-order valence-corrected chi connectivity index (χ4v) is 2.01. The number of aromatic nitrogens is 1. The van der Waals surface area contributed by atoms with Gasteiger partial charge in [-0.2, -0.15) is 4.98 Å². The van der Waals surface area contributed by atoms with Gasteiger partial charge < -0.3 is 15.2 Å². The summed E-state index contributed by atoms with van der Waals surface area (Å²) in [6.45, 7) is 2.89. The molecule has 0 aliphatic rings. The minimum Gasteiger partial charge on any atom is -0.478 e. The maximum Gasteiger partial charge on any atom is 0.222 e. The van der Waals surface area contributed by atoms with Gasteiger partial charge in [0.15, 0.2) is 0 Å². The molecule has 0 unspecified atom stereocenters. The first-order chi connectivity index (χ1) is 9.22. The predicted molar refractivity (Wildman–Crippen MR) is 77.5 cm³/mol. The first-order valence-electron chi connectivity index (χ1n) is 5.99. The molecule has 0 aliphatic carbocycles. The van der Waals surface area contributed by atoms with Gasteiger partial charge in [-0.3, -0.25) is 0 Å². The Morgan fingerprint density at radius 2 is 2.00 bits per heavy atom. The monoisotopic (exact) mass is 322 g/mol. The topological polar surface area (TPSA) is 57.4 Å². The van der Waals surface area contributed by atoms with Crippen LogP contribution in [0.5, 0.6) is 17.5 Å². The Morgan fingerprint density at radius 3 is 2.74 bits per heavy atom. The number of pyridine rings is 1. The van der Waals surface area contributed by atoms with Crippen LogP contribution < -0.4 is 15.2 Å². The zero-order valence-electron chi connectivity index (χ0n) is 10.6. The number of rotatable bonds is 5. The van der Waals surface area contributed by atoms with Crippen LogP contribution in [0.25, 0.3) is 0 Å². The molecule has 0 atom stereocenters. The molecule has 19 heavy (non-hydrogen) atoms. The molecular formula is C14H15BrN2O2. The van der Waals surface area contributed by atoms with Crippen molar-refractivity contribution in [2.75, 3.05) is 6.61 Å². The summed E-state index contributed by atoms with van der Waals surface area (Å²) in [6, 6.07) is 11.1. The van der Waals surface area contributed by atoms with Crippen molar-refractivity contribution in [1.82, 2.24) is 4.98 Å². The molecule has 0 bridgehead atoms. The summed E-state index contributed by atoms with van der Waals surface area (Å²) in [6.07, 6.45) is 0. The summed E-state index contributed by atoms with van der Waals surface area (Å²) >= 11 is 3.41. The van der Waals surface area contributed by atoms with E-state index in [0.29, 0.717) is 30.7 Å². The molecule has 2 rings (SSSR count). The lowest BCUT2D eigenvalue weighted by atomic mass is 10.2. The van der Waals surface area contributed by atoms with Crippen molar-refractivity contribution in [3.05, 3.63) is 46.4 Å². The molecule has 0 saturated heterocycles. The number of benzene rings is 1. The van der Waals surface area contributed by atoms with Crippen molar-refractivity contribution in [2.24, 2.45) is 5.73 Å². The van der Waals surface area contributed by atoms with Gasteiger partial charge in [0.1, 0.15) is 5.75 Å². The van der Waals surface area contributed by atoms with Crippen molar-refractivity contribution in [3.63, 3.8) is 0 Å². The van der Waals surface area contributed by atoms with Crippen LogP contribution in [0, 0.1) is 0 Å². The summed E-state index contributed by atoms with van der Waals surface area (Å²) in [5, 5.41) is 0. The Bertz CT molecular complexity index is 561. The molecule has 0 saturated carbocycles. The average Bonchev–Trinajstić information content (AvgIpc) is 2.41. The molecule has 2 N–H and O–H groups in total. The van der Waals surface area contributed by atoms with Crippen molar-refractivity contribution in [1.29, 1.82) is 0 Å². The standard InChI is InChI=1S/C14H15BrN2O2/c1-2-18-13-4-3-5-14(17-13)19-12-7-6-11(15)8-10(12)9-16/h3-8H,2,9,16H2,1H3. The first kappa shape index (κ1) is 13.8. The second-order valence-corrected chi connectivity index (χ2v) is 4.72. The van der Waals surface area contributed by atoms with Crippen molar-refractivity contribution in [2.45, 2.75) is 13.5 Å². The van der Waals surface area contributed by atoms with Crippen molar-refractivity contribution in [3.8, 4) is 17.5 Å². The molecule has 4 nitrogen and oxygen atoms in total. The molecule has 1 aromatic carbocycles. The van der Waals surface area contributed by atoms with Gasteiger partial charge in [0.25, 0.3) is 0 Å². The molecule has 0 fully saturated rings. The molecule has 0 aliphatic heterocycles. The van der Waals surface area contributed by atoms with Crippen LogP contribution in [-0.4, -0.2) is 11.6 Å². The first-order valence-corrected chi connectivity index (χ1v) is 6.78. The fourth-order valence-electron chi connectivity index (χ4n) is 1.60. The summed E-state index contributed by atoms with van der Waals surface area (Å²) in [5.74, 6) is 1.74. The Hall–Kier alpha value is -1.59. The van der Waals surface area contributed by atoms with Crippen LogP contribution in [0.2, 0.25) is 0 Å². The van der Waals surface area contributed by atoms with E-state index in [1.165, 1.54) is 0 Å². The molecule has 5 heteroatoms. The molecule has 100 valence electrons. The highest BCUT2D eigenvalue weighted by Crippen LogP contribution is 2.27.